The molecule has 0 amide bonds. The zero-order valence-corrected chi connectivity index (χ0v) is 8.04. The van der Waals surface area contributed by atoms with E-state index < -0.39 is 0 Å². The van der Waals surface area contributed by atoms with Crippen molar-refractivity contribution in [3.63, 3.8) is 0 Å². The second kappa shape index (κ2) is 3.12. The summed E-state index contributed by atoms with van der Waals surface area (Å²) in [5.41, 5.74) is 3.25. The molecule has 0 aromatic carbocycles. The monoisotopic (exact) mass is 181 g/mol. The minimum absolute atomic E-state index is 0.0855. The molecule has 1 aliphatic rings. The number of nitrogens with zero attached hydrogens (tertiary/aromatic N) is 2. The predicted octanol–water partition coefficient (Wildman–Crippen LogP) is 0.559. The Bertz CT molecular complexity index is 317. The quantitative estimate of drug-likeness (QED) is 0.701. The van der Waals surface area contributed by atoms with Crippen LogP contribution in [0.15, 0.2) is 0 Å². The highest BCUT2D eigenvalue weighted by Gasteiger charge is 2.21. The van der Waals surface area contributed by atoms with Crippen LogP contribution in [0.2, 0.25) is 0 Å². The van der Waals surface area contributed by atoms with Gasteiger partial charge in [0.15, 0.2) is 0 Å². The molecule has 2 N–H and O–H groups in total. The van der Waals surface area contributed by atoms with Gasteiger partial charge in [-0.1, -0.05) is 0 Å². The van der Waals surface area contributed by atoms with E-state index in [0.29, 0.717) is 6.04 Å². The van der Waals surface area contributed by atoms with Crippen LogP contribution in [0.5, 0.6) is 0 Å². The molecule has 13 heavy (non-hydrogen) atoms. The lowest BCUT2D eigenvalue weighted by Crippen LogP contribution is -2.12. The largest absolute Gasteiger partial charge is 0.390 e. The average molecular weight is 181 g/mol. The van der Waals surface area contributed by atoms with Gasteiger partial charge in [0.05, 0.1) is 18.0 Å². The highest BCUT2D eigenvalue weighted by molar-refractivity contribution is 5.29. The Kier molecular flexibility index (Phi) is 2.09. The maximum absolute atomic E-state index is 9.23. The van der Waals surface area contributed by atoms with E-state index in [-0.39, 0.29) is 6.61 Å². The molecule has 1 aliphatic heterocycles. The minimum atomic E-state index is 0.0855. The minimum Gasteiger partial charge on any atom is -0.390 e. The third-order valence-corrected chi connectivity index (χ3v) is 2.43. The predicted molar refractivity (Wildman–Crippen MR) is 49.1 cm³/mol. The Morgan fingerprint density at radius 3 is 2.92 bits per heavy atom. The van der Waals surface area contributed by atoms with Gasteiger partial charge in [0, 0.05) is 24.7 Å². The van der Waals surface area contributed by atoms with Crippen LogP contribution < -0.4 is 5.32 Å². The molecule has 0 unspecified atom stereocenters. The van der Waals surface area contributed by atoms with Crippen molar-refractivity contribution in [3.05, 3.63) is 17.0 Å². The number of nitrogens with one attached hydrogen (secondary N) is 1. The molecule has 1 aromatic rings. The van der Waals surface area contributed by atoms with Gasteiger partial charge < -0.3 is 10.4 Å². The zero-order chi connectivity index (χ0) is 9.42. The first kappa shape index (κ1) is 8.72. The van der Waals surface area contributed by atoms with Crippen LogP contribution in [0.3, 0.4) is 0 Å². The highest BCUT2D eigenvalue weighted by Crippen LogP contribution is 2.22. The number of aromatic nitrogens is 2. The Balaban J connectivity index is 2.47. The van der Waals surface area contributed by atoms with E-state index in [1.54, 1.807) is 0 Å². The fourth-order valence-electron chi connectivity index (χ4n) is 1.80. The van der Waals surface area contributed by atoms with E-state index in [1.807, 2.05) is 4.68 Å². The standard InChI is InChI=1S/C9H15N3O/c1-6(2)12-9(5-13)7-3-10-4-8(7)11-12/h6,10,13H,3-5H2,1-2H3. The topological polar surface area (TPSA) is 50.1 Å². The van der Waals surface area contributed by atoms with Crippen LogP contribution >= 0.6 is 0 Å². The van der Waals surface area contributed by atoms with Gasteiger partial charge in [-0.2, -0.15) is 5.10 Å². The lowest BCUT2D eigenvalue weighted by molar-refractivity contribution is 0.262. The van der Waals surface area contributed by atoms with Gasteiger partial charge in [-0.25, -0.2) is 0 Å². The molecule has 2 rings (SSSR count). The summed E-state index contributed by atoms with van der Waals surface area (Å²) in [6.07, 6.45) is 0. The van der Waals surface area contributed by atoms with E-state index in [1.165, 1.54) is 5.56 Å². The number of hydrogen-bond donors (Lipinski definition) is 2. The summed E-state index contributed by atoms with van der Waals surface area (Å²) in [4.78, 5) is 0. The smallest absolute Gasteiger partial charge is 0.0853 e. The van der Waals surface area contributed by atoms with Crippen molar-refractivity contribution >= 4 is 0 Å². The van der Waals surface area contributed by atoms with E-state index in [9.17, 15) is 5.11 Å². The van der Waals surface area contributed by atoms with Gasteiger partial charge in [0.1, 0.15) is 0 Å². The van der Waals surface area contributed by atoms with Crippen molar-refractivity contribution in [1.29, 1.82) is 0 Å². The SMILES string of the molecule is CC(C)n1nc2c(c1CO)CNC2. The molecular weight excluding hydrogens is 166 g/mol. The van der Waals surface area contributed by atoms with Crippen molar-refractivity contribution in [2.45, 2.75) is 39.6 Å². The third-order valence-electron chi connectivity index (χ3n) is 2.43. The Morgan fingerprint density at radius 2 is 2.31 bits per heavy atom. The van der Waals surface area contributed by atoms with E-state index >= 15 is 0 Å². The lowest BCUT2D eigenvalue weighted by atomic mass is 10.2. The van der Waals surface area contributed by atoms with Gasteiger partial charge in [0.25, 0.3) is 0 Å². The van der Waals surface area contributed by atoms with Crippen LogP contribution in [0.25, 0.3) is 0 Å². The number of fused-ring (bicyclic) bond motifs is 1. The lowest BCUT2D eigenvalue weighted by Gasteiger charge is -2.10. The van der Waals surface area contributed by atoms with Gasteiger partial charge in [-0.05, 0) is 13.8 Å². The highest BCUT2D eigenvalue weighted by atomic mass is 16.3. The Hall–Kier alpha value is -0.870. The molecule has 2 heterocycles. The fourth-order valence-corrected chi connectivity index (χ4v) is 1.80. The molecular formula is C9H15N3O. The van der Waals surface area contributed by atoms with Crippen LogP contribution in [-0.2, 0) is 19.7 Å². The van der Waals surface area contributed by atoms with Crippen LogP contribution in [-0.4, -0.2) is 14.9 Å². The van der Waals surface area contributed by atoms with Crippen molar-refractivity contribution in [3.8, 4) is 0 Å². The first-order chi connectivity index (χ1) is 6.24. The number of rotatable bonds is 2. The molecule has 0 saturated heterocycles. The summed E-state index contributed by atoms with van der Waals surface area (Å²) in [6, 6.07) is 0.327. The maximum Gasteiger partial charge on any atom is 0.0853 e. The second-order valence-electron chi connectivity index (χ2n) is 3.67. The molecule has 0 aliphatic carbocycles. The molecule has 1 aromatic heterocycles. The summed E-state index contributed by atoms with van der Waals surface area (Å²) in [7, 11) is 0. The first-order valence-electron chi connectivity index (χ1n) is 4.64. The van der Waals surface area contributed by atoms with Crippen LogP contribution in [0, 0.1) is 0 Å². The van der Waals surface area contributed by atoms with E-state index in [2.05, 4.69) is 24.3 Å². The molecule has 0 atom stereocenters. The average Bonchev–Trinajstić information content (AvgIpc) is 2.60. The Morgan fingerprint density at radius 1 is 1.54 bits per heavy atom. The van der Waals surface area contributed by atoms with E-state index in [0.717, 1.165) is 24.5 Å². The van der Waals surface area contributed by atoms with Crippen molar-refractivity contribution in [2.24, 2.45) is 0 Å². The first-order valence-corrected chi connectivity index (χ1v) is 4.64. The molecule has 0 fully saturated rings. The summed E-state index contributed by atoms with van der Waals surface area (Å²) >= 11 is 0. The van der Waals surface area contributed by atoms with Crippen molar-refractivity contribution in [2.75, 3.05) is 0 Å². The molecule has 0 bridgehead atoms. The summed E-state index contributed by atoms with van der Waals surface area (Å²) in [5.74, 6) is 0. The molecule has 72 valence electrons. The summed E-state index contributed by atoms with van der Waals surface area (Å²) < 4.78 is 1.92. The molecule has 0 spiro atoms. The molecule has 0 radical (unpaired) electrons. The zero-order valence-electron chi connectivity index (χ0n) is 8.04. The molecule has 4 nitrogen and oxygen atoms in total. The maximum atomic E-state index is 9.23. The van der Waals surface area contributed by atoms with Crippen molar-refractivity contribution < 1.29 is 5.11 Å². The van der Waals surface area contributed by atoms with Crippen LogP contribution in [0.4, 0.5) is 0 Å². The van der Waals surface area contributed by atoms with Gasteiger partial charge in [-0.3, -0.25) is 4.68 Å². The van der Waals surface area contributed by atoms with Crippen LogP contribution in [0.1, 0.15) is 36.8 Å². The van der Waals surface area contributed by atoms with Gasteiger partial charge in [-0.15, -0.1) is 0 Å². The number of aliphatic hydroxyl groups excluding tert-OH is 1. The summed E-state index contributed by atoms with van der Waals surface area (Å²) in [6.45, 7) is 5.92. The summed E-state index contributed by atoms with van der Waals surface area (Å²) in [5, 5.41) is 16.9. The molecule has 0 saturated carbocycles. The normalized spacial score (nSPS) is 15.4. The van der Waals surface area contributed by atoms with Gasteiger partial charge in [0.2, 0.25) is 0 Å². The van der Waals surface area contributed by atoms with Crippen molar-refractivity contribution in [1.82, 2.24) is 15.1 Å². The number of aliphatic hydroxyl groups is 1. The van der Waals surface area contributed by atoms with E-state index in [4.69, 9.17) is 0 Å². The number of hydrogen-bond acceptors (Lipinski definition) is 3. The fraction of sp³-hybridized carbons (Fsp3) is 0.667. The Labute approximate surface area is 77.6 Å². The second-order valence-corrected chi connectivity index (χ2v) is 3.67. The third kappa shape index (κ3) is 1.26. The molecule has 4 heteroatoms. The van der Waals surface area contributed by atoms with Gasteiger partial charge >= 0.3 is 0 Å².